The molecule has 1 atom stereocenters. The number of hydrogen-bond donors (Lipinski definition) is 1. The highest BCUT2D eigenvalue weighted by atomic mass is 32.2. The summed E-state index contributed by atoms with van der Waals surface area (Å²) in [6.45, 7) is 0. The van der Waals surface area contributed by atoms with Gasteiger partial charge in [0.05, 0.1) is 12.5 Å². The number of hydrogen-bond acceptors (Lipinski definition) is 4. The van der Waals surface area contributed by atoms with Gasteiger partial charge in [0.25, 0.3) is 0 Å². The van der Waals surface area contributed by atoms with Crippen molar-refractivity contribution in [1.82, 2.24) is 0 Å². The standard InChI is InChI=1S/C6H12O3S/c1-9-5(7)3-4-6(8)10-2/h6,8H,3-4H2,1-2H3. The second-order valence-corrected chi connectivity index (χ2v) is 2.82. The fourth-order valence-corrected chi connectivity index (χ4v) is 0.815. The van der Waals surface area contributed by atoms with Crippen molar-refractivity contribution >= 4 is 17.7 Å². The minimum Gasteiger partial charge on any atom is -0.469 e. The topological polar surface area (TPSA) is 46.5 Å². The SMILES string of the molecule is COC(=O)CCC(O)SC. The van der Waals surface area contributed by atoms with Crippen molar-refractivity contribution in [1.29, 1.82) is 0 Å². The number of carbonyl (C=O) groups excluding carboxylic acids is 1. The monoisotopic (exact) mass is 164 g/mol. The minimum atomic E-state index is -0.445. The highest BCUT2D eigenvalue weighted by molar-refractivity contribution is 7.99. The molecule has 0 radical (unpaired) electrons. The minimum absolute atomic E-state index is 0.270. The van der Waals surface area contributed by atoms with Crippen LogP contribution in [0.5, 0.6) is 0 Å². The van der Waals surface area contributed by atoms with Gasteiger partial charge in [-0.05, 0) is 12.7 Å². The van der Waals surface area contributed by atoms with Gasteiger partial charge in [-0.1, -0.05) is 0 Å². The maximum atomic E-state index is 10.5. The molecular weight excluding hydrogens is 152 g/mol. The van der Waals surface area contributed by atoms with Gasteiger partial charge in [-0.15, -0.1) is 11.8 Å². The molecule has 0 rings (SSSR count). The Bertz CT molecular complexity index is 105. The van der Waals surface area contributed by atoms with Crippen LogP contribution in [-0.4, -0.2) is 29.9 Å². The van der Waals surface area contributed by atoms with Crippen LogP contribution < -0.4 is 0 Å². The van der Waals surface area contributed by atoms with E-state index in [0.717, 1.165) is 0 Å². The molecule has 0 aromatic rings. The van der Waals surface area contributed by atoms with Crippen LogP contribution in [-0.2, 0) is 9.53 Å². The largest absolute Gasteiger partial charge is 0.469 e. The smallest absolute Gasteiger partial charge is 0.305 e. The summed E-state index contributed by atoms with van der Waals surface area (Å²) < 4.78 is 4.39. The number of rotatable bonds is 4. The zero-order valence-electron chi connectivity index (χ0n) is 6.16. The van der Waals surface area contributed by atoms with E-state index in [-0.39, 0.29) is 5.97 Å². The zero-order valence-corrected chi connectivity index (χ0v) is 6.98. The number of methoxy groups -OCH3 is 1. The van der Waals surface area contributed by atoms with Crippen LogP contribution >= 0.6 is 11.8 Å². The number of aliphatic hydroxyl groups excluding tert-OH is 1. The maximum Gasteiger partial charge on any atom is 0.305 e. The summed E-state index contributed by atoms with van der Waals surface area (Å²) in [6.07, 6.45) is 2.55. The Kier molecular flexibility index (Phi) is 5.43. The van der Waals surface area contributed by atoms with Crippen molar-refractivity contribution in [3.8, 4) is 0 Å². The Hall–Kier alpha value is -0.220. The van der Waals surface area contributed by atoms with Gasteiger partial charge in [0, 0.05) is 6.42 Å². The molecule has 1 N–H and O–H groups in total. The first-order valence-corrected chi connectivity index (χ1v) is 4.27. The number of carbonyl (C=O) groups is 1. The Morgan fingerprint density at radius 2 is 2.40 bits per heavy atom. The van der Waals surface area contributed by atoms with Crippen molar-refractivity contribution in [2.75, 3.05) is 13.4 Å². The molecule has 0 amide bonds. The number of ether oxygens (including phenoxy) is 1. The predicted octanol–water partition coefficient (Wildman–Crippen LogP) is 0.621. The lowest BCUT2D eigenvalue weighted by atomic mass is 10.3. The summed E-state index contributed by atoms with van der Waals surface area (Å²) >= 11 is 1.33. The second kappa shape index (κ2) is 5.56. The lowest BCUT2D eigenvalue weighted by Gasteiger charge is -2.04. The Morgan fingerprint density at radius 3 is 2.80 bits per heavy atom. The molecule has 0 spiro atoms. The maximum absolute atomic E-state index is 10.5. The van der Waals surface area contributed by atoms with Crippen molar-refractivity contribution < 1.29 is 14.6 Å². The van der Waals surface area contributed by atoms with Crippen LogP contribution in [0.3, 0.4) is 0 Å². The zero-order chi connectivity index (χ0) is 7.98. The second-order valence-electron chi connectivity index (χ2n) is 1.81. The summed E-state index contributed by atoms with van der Waals surface area (Å²) in [7, 11) is 1.34. The third-order valence-corrected chi connectivity index (χ3v) is 1.88. The van der Waals surface area contributed by atoms with Crippen LogP contribution in [0.4, 0.5) is 0 Å². The molecule has 10 heavy (non-hydrogen) atoms. The molecule has 0 aliphatic carbocycles. The fourth-order valence-electron chi connectivity index (χ4n) is 0.461. The first-order valence-electron chi connectivity index (χ1n) is 2.98. The lowest BCUT2D eigenvalue weighted by molar-refractivity contribution is -0.141. The molecule has 0 saturated heterocycles. The van der Waals surface area contributed by atoms with E-state index < -0.39 is 5.44 Å². The van der Waals surface area contributed by atoms with E-state index in [1.165, 1.54) is 18.9 Å². The fraction of sp³-hybridized carbons (Fsp3) is 0.833. The number of aliphatic hydroxyl groups is 1. The molecule has 0 aliphatic heterocycles. The van der Waals surface area contributed by atoms with E-state index in [1.54, 1.807) is 6.26 Å². The van der Waals surface area contributed by atoms with Crippen LogP contribution in [0, 0.1) is 0 Å². The third kappa shape index (κ3) is 4.64. The van der Waals surface area contributed by atoms with Gasteiger partial charge in [0.15, 0.2) is 0 Å². The molecule has 3 nitrogen and oxygen atoms in total. The van der Waals surface area contributed by atoms with Crippen molar-refractivity contribution in [3.63, 3.8) is 0 Å². The molecule has 0 fully saturated rings. The third-order valence-electron chi connectivity index (χ3n) is 1.10. The average molecular weight is 164 g/mol. The Labute approximate surface area is 64.8 Å². The summed E-state index contributed by atoms with van der Waals surface area (Å²) in [6, 6.07) is 0. The molecule has 0 aromatic heterocycles. The molecule has 0 heterocycles. The van der Waals surface area contributed by atoms with Crippen LogP contribution in [0.25, 0.3) is 0 Å². The van der Waals surface area contributed by atoms with Gasteiger partial charge in [0.2, 0.25) is 0 Å². The molecule has 0 bridgehead atoms. The summed E-state index contributed by atoms with van der Waals surface area (Å²) in [5, 5.41) is 8.96. The van der Waals surface area contributed by atoms with E-state index in [9.17, 15) is 4.79 Å². The van der Waals surface area contributed by atoms with Crippen molar-refractivity contribution in [2.24, 2.45) is 0 Å². The van der Waals surface area contributed by atoms with Gasteiger partial charge in [-0.25, -0.2) is 0 Å². The Morgan fingerprint density at radius 1 is 1.80 bits per heavy atom. The summed E-state index contributed by atoms with van der Waals surface area (Å²) in [5.74, 6) is -0.270. The van der Waals surface area contributed by atoms with E-state index in [4.69, 9.17) is 5.11 Å². The highest BCUT2D eigenvalue weighted by Crippen LogP contribution is 2.09. The lowest BCUT2D eigenvalue weighted by Crippen LogP contribution is -2.06. The van der Waals surface area contributed by atoms with Crippen LogP contribution in [0.15, 0.2) is 0 Å². The summed E-state index contributed by atoms with van der Waals surface area (Å²) in [5.41, 5.74) is -0.445. The Balaban J connectivity index is 3.26. The van der Waals surface area contributed by atoms with Crippen LogP contribution in [0.2, 0.25) is 0 Å². The molecule has 0 saturated carbocycles. The van der Waals surface area contributed by atoms with E-state index >= 15 is 0 Å². The quantitative estimate of drug-likeness (QED) is 0.489. The van der Waals surface area contributed by atoms with Gasteiger partial charge >= 0.3 is 5.97 Å². The molecule has 4 heteroatoms. The summed E-state index contributed by atoms with van der Waals surface area (Å²) in [4.78, 5) is 10.5. The molecule has 60 valence electrons. The predicted molar refractivity (Wildman–Crippen MR) is 40.8 cm³/mol. The highest BCUT2D eigenvalue weighted by Gasteiger charge is 2.05. The molecular formula is C6H12O3S. The van der Waals surface area contributed by atoms with E-state index in [0.29, 0.717) is 12.8 Å². The molecule has 1 unspecified atom stereocenters. The average Bonchev–Trinajstić information content (AvgIpc) is 1.99. The van der Waals surface area contributed by atoms with Gasteiger partial charge in [0.1, 0.15) is 0 Å². The number of esters is 1. The van der Waals surface area contributed by atoms with E-state index in [2.05, 4.69) is 4.74 Å². The van der Waals surface area contributed by atoms with Gasteiger partial charge < -0.3 is 9.84 Å². The molecule has 0 aliphatic rings. The van der Waals surface area contributed by atoms with Crippen molar-refractivity contribution in [3.05, 3.63) is 0 Å². The van der Waals surface area contributed by atoms with Crippen molar-refractivity contribution in [2.45, 2.75) is 18.3 Å². The van der Waals surface area contributed by atoms with Crippen LogP contribution in [0.1, 0.15) is 12.8 Å². The van der Waals surface area contributed by atoms with Gasteiger partial charge in [-0.3, -0.25) is 4.79 Å². The first-order chi connectivity index (χ1) is 4.70. The van der Waals surface area contributed by atoms with Gasteiger partial charge in [-0.2, -0.15) is 0 Å². The first kappa shape index (κ1) is 9.78. The molecule has 0 aromatic carbocycles. The number of thioether (sulfide) groups is 1. The normalized spacial score (nSPS) is 12.7. The van der Waals surface area contributed by atoms with E-state index in [1.807, 2.05) is 0 Å².